The van der Waals surface area contributed by atoms with E-state index in [9.17, 15) is 15.0 Å². The van der Waals surface area contributed by atoms with Gasteiger partial charge >= 0.3 is 6.09 Å². The van der Waals surface area contributed by atoms with E-state index in [1.54, 1.807) is 4.90 Å². The van der Waals surface area contributed by atoms with Crippen LogP contribution < -0.4 is 0 Å². The number of benzene rings is 3. The van der Waals surface area contributed by atoms with Gasteiger partial charge in [0, 0.05) is 37.6 Å². The number of nitrogens with zero attached hydrogens (tertiary/aromatic N) is 2. The molecule has 1 aliphatic heterocycles. The molecule has 41 heavy (non-hydrogen) atoms. The van der Waals surface area contributed by atoms with Crippen molar-refractivity contribution in [2.75, 3.05) is 13.1 Å². The van der Waals surface area contributed by atoms with E-state index in [4.69, 9.17) is 0 Å². The Morgan fingerprint density at radius 2 is 1.29 bits per heavy atom. The molecule has 4 rings (SSSR count). The topological polar surface area (TPSA) is 64.0 Å². The van der Waals surface area contributed by atoms with E-state index in [0.717, 1.165) is 19.5 Å². The van der Waals surface area contributed by atoms with Gasteiger partial charge in [-0.25, -0.2) is 4.79 Å². The maximum Gasteiger partial charge on any atom is 0.407 e. The standard InChI is InChI=1S/C36H48N2O3/c1-34(2,3)32-31(27-38(33(39)40)35(32,4)5)36(41,22-21-28-15-9-6-10-16-28)23-24-37(25-29-17-11-7-12-18-29)26-30-19-13-8-14-20-30/h6-20,31-32,41H,21-27H2,1-5H3,(H,39,40). The largest absolute Gasteiger partial charge is 0.465 e. The molecule has 1 fully saturated rings. The Kier molecular flexibility index (Phi) is 9.61. The van der Waals surface area contributed by atoms with Gasteiger partial charge in [-0.3, -0.25) is 4.90 Å². The van der Waals surface area contributed by atoms with Gasteiger partial charge < -0.3 is 15.1 Å². The van der Waals surface area contributed by atoms with E-state index >= 15 is 0 Å². The Morgan fingerprint density at radius 1 is 0.829 bits per heavy atom. The van der Waals surface area contributed by atoms with Crippen LogP contribution in [0, 0.1) is 17.3 Å². The zero-order chi connectivity index (χ0) is 29.7. The summed E-state index contributed by atoms with van der Waals surface area (Å²) >= 11 is 0. The number of aliphatic hydroxyl groups is 1. The lowest BCUT2D eigenvalue weighted by Gasteiger charge is -2.47. The fourth-order valence-electron chi connectivity index (χ4n) is 7.42. The van der Waals surface area contributed by atoms with E-state index < -0.39 is 17.2 Å². The van der Waals surface area contributed by atoms with Gasteiger partial charge in [-0.05, 0) is 61.1 Å². The van der Waals surface area contributed by atoms with E-state index in [1.807, 2.05) is 44.2 Å². The summed E-state index contributed by atoms with van der Waals surface area (Å²) in [6.45, 7) is 13.2. The molecule has 3 unspecified atom stereocenters. The first kappa shape index (κ1) is 30.8. The van der Waals surface area contributed by atoms with Crippen LogP contribution in [-0.2, 0) is 19.5 Å². The summed E-state index contributed by atoms with van der Waals surface area (Å²) in [4.78, 5) is 16.4. The molecule has 0 aliphatic carbocycles. The monoisotopic (exact) mass is 556 g/mol. The van der Waals surface area contributed by atoms with E-state index in [-0.39, 0.29) is 17.3 Å². The summed E-state index contributed by atoms with van der Waals surface area (Å²) in [5, 5.41) is 23.0. The highest BCUT2D eigenvalue weighted by Gasteiger charge is 2.59. The third-order valence-corrected chi connectivity index (χ3v) is 9.14. The highest BCUT2D eigenvalue weighted by molar-refractivity contribution is 5.67. The van der Waals surface area contributed by atoms with Crippen molar-refractivity contribution in [2.45, 2.75) is 78.1 Å². The minimum absolute atomic E-state index is 0.0106. The van der Waals surface area contributed by atoms with Crippen LogP contribution in [0.5, 0.6) is 0 Å². The molecule has 1 amide bonds. The van der Waals surface area contributed by atoms with Gasteiger partial charge in [0.15, 0.2) is 0 Å². The second-order valence-corrected chi connectivity index (χ2v) is 13.5. The van der Waals surface area contributed by atoms with E-state index in [0.29, 0.717) is 25.9 Å². The molecule has 5 nitrogen and oxygen atoms in total. The van der Waals surface area contributed by atoms with Crippen LogP contribution in [-0.4, -0.2) is 50.3 Å². The summed E-state index contributed by atoms with van der Waals surface area (Å²) in [5.74, 6) is -0.198. The van der Waals surface area contributed by atoms with E-state index in [1.165, 1.54) is 16.7 Å². The molecule has 2 N–H and O–H groups in total. The molecule has 0 aromatic heterocycles. The predicted octanol–water partition coefficient (Wildman–Crippen LogP) is 7.49. The van der Waals surface area contributed by atoms with Crippen LogP contribution in [0.15, 0.2) is 91.0 Å². The summed E-state index contributed by atoms with van der Waals surface area (Å²) in [5.41, 5.74) is 1.85. The van der Waals surface area contributed by atoms with Crippen LogP contribution in [0.2, 0.25) is 0 Å². The zero-order valence-corrected chi connectivity index (χ0v) is 25.5. The SMILES string of the molecule is CC(C)(C)C1C(C(O)(CCc2ccccc2)CCN(Cc2ccccc2)Cc2ccccc2)CN(C(=O)O)C1(C)C. The van der Waals surface area contributed by atoms with Crippen molar-refractivity contribution in [1.29, 1.82) is 0 Å². The molecule has 0 saturated carbocycles. The van der Waals surface area contributed by atoms with Crippen molar-refractivity contribution in [3.63, 3.8) is 0 Å². The molecule has 0 spiro atoms. The van der Waals surface area contributed by atoms with Gasteiger partial charge in [-0.2, -0.15) is 0 Å². The fraction of sp³-hybridized carbons (Fsp3) is 0.472. The van der Waals surface area contributed by atoms with Gasteiger partial charge in [0.1, 0.15) is 0 Å². The molecule has 0 radical (unpaired) electrons. The third-order valence-electron chi connectivity index (χ3n) is 9.14. The van der Waals surface area contributed by atoms with Crippen LogP contribution in [0.1, 0.15) is 64.2 Å². The van der Waals surface area contributed by atoms with Gasteiger partial charge in [-0.1, -0.05) is 112 Å². The van der Waals surface area contributed by atoms with Crippen molar-refractivity contribution >= 4 is 6.09 Å². The average molecular weight is 557 g/mol. The first-order chi connectivity index (χ1) is 19.4. The number of hydrogen-bond donors (Lipinski definition) is 2. The quantitative estimate of drug-likeness (QED) is 0.257. The van der Waals surface area contributed by atoms with Crippen LogP contribution in [0.4, 0.5) is 4.79 Å². The maximum absolute atomic E-state index is 12.8. The van der Waals surface area contributed by atoms with Crippen LogP contribution >= 0.6 is 0 Å². The van der Waals surface area contributed by atoms with Gasteiger partial charge in [0.05, 0.1) is 5.60 Å². The molecule has 3 aromatic carbocycles. The molecule has 3 atom stereocenters. The molecular weight excluding hydrogens is 508 g/mol. The van der Waals surface area contributed by atoms with Crippen LogP contribution in [0.3, 0.4) is 0 Å². The Morgan fingerprint density at radius 3 is 1.73 bits per heavy atom. The van der Waals surface area contributed by atoms with Gasteiger partial charge in [0.2, 0.25) is 0 Å². The molecule has 5 heteroatoms. The van der Waals surface area contributed by atoms with Crippen molar-refractivity contribution in [2.24, 2.45) is 17.3 Å². The minimum Gasteiger partial charge on any atom is -0.465 e. The smallest absolute Gasteiger partial charge is 0.407 e. The highest BCUT2D eigenvalue weighted by atomic mass is 16.4. The van der Waals surface area contributed by atoms with Gasteiger partial charge in [-0.15, -0.1) is 0 Å². The van der Waals surface area contributed by atoms with Crippen molar-refractivity contribution < 1.29 is 15.0 Å². The molecular formula is C36H48N2O3. The van der Waals surface area contributed by atoms with Crippen molar-refractivity contribution in [1.82, 2.24) is 9.80 Å². The number of aryl methyl sites for hydroxylation is 1. The summed E-state index contributed by atoms with van der Waals surface area (Å²) in [6.07, 6.45) is 0.991. The molecule has 3 aromatic rings. The molecule has 1 saturated heterocycles. The number of amides is 1. The molecule has 0 bridgehead atoms. The second-order valence-electron chi connectivity index (χ2n) is 13.5. The summed E-state index contributed by atoms with van der Waals surface area (Å²) < 4.78 is 0. The third kappa shape index (κ3) is 7.58. The number of likely N-dealkylation sites (tertiary alicyclic amines) is 1. The highest BCUT2D eigenvalue weighted by Crippen LogP contribution is 2.53. The maximum atomic E-state index is 12.8. The van der Waals surface area contributed by atoms with Crippen molar-refractivity contribution in [3.05, 3.63) is 108 Å². The number of carboxylic acid groups (broad SMARTS) is 1. The number of carbonyl (C=O) groups is 1. The van der Waals surface area contributed by atoms with Gasteiger partial charge in [0.25, 0.3) is 0 Å². The number of rotatable bonds is 11. The fourth-order valence-corrected chi connectivity index (χ4v) is 7.42. The normalized spacial score (nSPS) is 20.2. The Bertz CT molecular complexity index is 1200. The molecule has 1 aliphatic rings. The first-order valence-corrected chi connectivity index (χ1v) is 15.0. The predicted molar refractivity (Wildman–Crippen MR) is 167 cm³/mol. The van der Waals surface area contributed by atoms with Crippen molar-refractivity contribution in [3.8, 4) is 0 Å². The molecule has 220 valence electrons. The van der Waals surface area contributed by atoms with Crippen LogP contribution in [0.25, 0.3) is 0 Å². The van der Waals surface area contributed by atoms with E-state index in [2.05, 4.69) is 86.3 Å². The first-order valence-electron chi connectivity index (χ1n) is 15.0. The Hall–Kier alpha value is -3.15. The summed E-state index contributed by atoms with van der Waals surface area (Å²) in [7, 11) is 0. The Balaban J connectivity index is 1.66. The second kappa shape index (κ2) is 12.8. The summed E-state index contributed by atoms with van der Waals surface area (Å²) in [6, 6.07) is 31.3. The Labute approximate surface area is 246 Å². The number of hydrogen-bond acceptors (Lipinski definition) is 3. The average Bonchev–Trinajstić information content (AvgIpc) is 3.24. The minimum atomic E-state index is -1.04. The lowest BCUT2D eigenvalue weighted by atomic mass is 9.61. The lowest BCUT2D eigenvalue weighted by Crippen LogP contribution is -2.51. The molecule has 1 heterocycles. The lowest BCUT2D eigenvalue weighted by molar-refractivity contribution is -0.0734. The zero-order valence-electron chi connectivity index (χ0n) is 25.5.